The largest absolute Gasteiger partial charge is 0.483 e. The molecule has 0 fully saturated rings. The van der Waals surface area contributed by atoms with Crippen molar-refractivity contribution < 1.29 is 14.3 Å². The third-order valence-corrected chi connectivity index (χ3v) is 7.40. The summed E-state index contributed by atoms with van der Waals surface area (Å²) < 4.78 is 5.63. The fraction of sp³-hybridized carbons (Fsp3) is 0.478. The number of carbonyl (C=O) groups is 2. The number of nitrogens with one attached hydrogen (secondary N) is 1. The van der Waals surface area contributed by atoms with Crippen LogP contribution in [0.25, 0.3) is 0 Å². The Balaban J connectivity index is 1.75. The molecule has 0 saturated heterocycles. The molecule has 0 bridgehead atoms. The Hall–Kier alpha value is -2.34. The Morgan fingerprint density at radius 2 is 2.03 bits per heavy atom. The topological polar surface area (TPSA) is 81.4 Å². The van der Waals surface area contributed by atoms with Gasteiger partial charge in [0.05, 0.1) is 5.56 Å². The highest BCUT2D eigenvalue weighted by atomic mass is 32.1. The standard InChI is InChI=1S/C23H30N2O3S/c1-5-23(3,4)15-10-11-16-18(12-15)29-22(20(16)21(24)27)25-19(26)13-28-17-9-7-6-8-14(17)2/h6-9,15H,5,10-13H2,1-4H3,(H2,24,27)(H,25,26). The molecule has 1 aromatic carbocycles. The van der Waals surface area contributed by atoms with Crippen LogP contribution in [-0.4, -0.2) is 18.4 Å². The lowest BCUT2D eigenvalue weighted by Gasteiger charge is -2.36. The van der Waals surface area contributed by atoms with Gasteiger partial charge in [0.1, 0.15) is 10.8 Å². The molecule has 1 aliphatic rings. The van der Waals surface area contributed by atoms with Crippen LogP contribution >= 0.6 is 11.3 Å². The summed E-state index contributed by atoms with van der Waals surface area (Å²) in [5.41, 5.74) is 8.38. The maximum atomic E-state index is 12.5. The number of ether oxygens (including phenoxy) is 1. The predicted molar refractivity (Wildman–Crippen MR) is 118 cm³/mol. The van der Waals surface area contributed by atoms with Crippen molar-refractivity contribution in [1.82, 2.24) is 0 Å². The molecule has 1 atom stereocenters. The number of carbonyl (C=O) groups excluding carboxylic acids is 2. The van der Waals surface area contributed by atoms with E-state index in [-0.39, 0.29) is 17.9 Å². The highest BCUT2D eigenvalue weighted by molar-refractivity contribution is 7.17. The molecule has 0 radical (unpaired) electrons. The lowest BCUT2D eigenvalue weighted by molar-refractivity contribution is -0.118. The zero-order valence-corrected chi connectivity index (χ0v) is 18.4. The molecule has 0 aliphatic heterocycles. The third-order valence-electron chi connectivity index (χ3n) is 6.23. The van der Waals surface area contributed by atoms with E-state index < -0.39 is 5.91 Å². The van der Waals surface area contributed by atoms with Crippen molar-refractivity contribution in [3.05, 3.63) is 45.8 Å². The number of primary amides is 1. The van der Waals surface area contributed by atoms with Crippen molar-refractivity contribution in [1.29, 1.82) is 0 Å². The normalized spacial score (nSPS) is 16.2. The number of hydrogen-bond acceptors (Lipinski definition) is 4. The number of fused-ring (bicyclic) bond motifs is 1. The molecular formula is C23H30N2O3S. The Morgan fingerprint density at radius 3 is 2.69 bits per heavy atom. The van der Waals surface area contributed by atoms with Crippen LogP contribution in [0.15, 0.2) is 24.3 Å². The minimum Gasteiger partial charge on any atom is -0.483 e. The first-order valence-electron chi connectivity index (χ1n) is 10.2. The molecule has 1 aliphatic carbocycles. The van der Waals surface area contributed by atoms with Crippen molar-refractivity contribution >= 4 is 28.2 Å². The van der Waals surface area contributed by atoms with Gasteiger partial charge in [0, 0.05) is 4.88 Å². The predicted octanol–water partition coefficient (Wildman–Crippen LogP) is 4.71. The molecule has 1 aromatic heterocycles. The van der Waals surface area contributed by atoms with E-state index in [2.05, 4.69) is 26.1 Å². The fourth-order valence-electron chi connectivity index (χ4n) is 3.91. The molecule has 3 rings (SSSR count). The SMILES string of the molecule is CCC(C)(C)C1CCc2c(sc(NC(=O)COc3ccccc3C)c2C(N)=O)C1. The third kappa shape index (κ3) is 4.64. The number of rotatable bonds is 7. The lowest BCUT2D eigenvalue weighted by atomic mass is 9.69. The lowest BCUT2D eigenvalue weighted by Crippen LogP contribution is -2.29. The number of thiophene rings is 1. The van der Waals surface area contributed by atoms with E-state index in [4.69, 9.17) is 10.5 Å². The van der Waals surface area contributed by atoms with E-state index in [1.165, 1.54) is 16.2 Å². The fourth-order valence-corrected chi connectivity index (χ4v) is 5.26. The van der Waals surface area contributed by atoms with Crippen molar-refractivity contribution in [2.45, 2.75) is 53.4 Å². The van der Waals surface area contributed by atoms with Gasteiger partial charge in [-0.3, -0.25) is 9.59 Å². The molecule has 29 heavy (non-hydrogen) atoms. The maximum Gasteiger partial charge on any atom is 0.262 e. The van der Waals surface area contributed by atoms with Gasteiger partial charge in [-0.2, -0.15) is 0 Å². The molecule has 2 aromatic rings. The number of amides is 2. The Labute approximate surface area is 176 Å². The summed E-state index contributed by atoms with van der Waals surface area (Å²) in [6.07, 6.45) is 3.90. The number of aryl methyl sites for hydroxylation is 1. The van der Waals surface area contributed by atoms with Gasteiger partial charge in [-0.05, 0) is 54.7 Å². The zero-order valence-electron chi connectivity index (χ0n) is 17.6. The zero-order chi connectivity index (χ0) is 21.2. The molecule has 1 heterocycles. The van der Waals surface area contributed by atoms with E-state index in [0.29, 0.717) is 22.2 Å². The van der Waals surface area contributed by atoms with Gasteiger partial charge in [-0.1, -0.05) is 45.4 Å². The van der Waals surface area contributed by atoms with Crippen molar-refractivity contribution in [3.8, 4) is 5.75 Å². The first-order chi connectivity index (χ1) is 13.7. The van der Waals surface area contributed by atoms with Crippen LogP contribution in [-0.2, 0) is 17.6 Å². The average Bonchev–Trinajstić information content (AvgIpc) is 3.04. The summed E-state index contributed by atoms with van der Waals surface area (Å²) in [4.78, 5) is 25.8. The second-order valence-corrected chi connectivity index (χ2v) is 9.56. The van der Waals surface area contributed by atoms with Crippen LogP contribution in [0.5, 0.6) is 5.75 Å². The quantitative estimate of drug-likeness (QED) is 0.688. The molecule has 1 unspecified atom stereocenters. The van der Waals surface area contributed by atoms with Gasteiger partial charge >= 0.3 is 0 Å². The Morgan fingerprint density at radius 1 is 1.31 bits per heavy atom. The van der Waals surface area contributed by atoms with Gasteiger partial charge in [-0.15, -0.1) is 11.3 Å². The number of hydrogen-bond donors (Lipinski definition) is 2. The molecule has 0 spiro atoms. The van der Waals surface area contributed by atoms with Crippen LogP contribution in [0.1, 0.15) is 60.0 Å². The number of para-hydroxylation sites is 1. The van der Waals surface area contributed by atoms with Gasteiger partial charge in [0.15, 0.2) is 6.61 Å². The number of benzene rings is 1. The summed E-state index contributed by atoms with van der Waals surface area (Å²) in [5.74, 6) is 0.464. The van der Waals surface area contributed by atoms with Gasteiger partial charge < -0.3 is 15.8 Å². The monoisotopic (exact) mass is 414 g/mol. The van der Waals surface area contributed by atoms with Crippen molar-refractivity contribution in [3.63, 3.8) is 0 Å². The number of nitrogens with two attached hydrogens (primary N) is 1. The number of anilines is 1. The van der Waals surface area contributed by atoms with E-state index in [9.17, 15) is 9.59 Å². The van der Waals surface area contributed by atoms with E-state index in [1.54, 1.807) is 0 Å². The van der Waals surface area contributed by atoms with E-state index in [0.717, 1.165) is 36.8 Å². The van der Waals surface area contributed by atoms with Gasteiger partial charge in [0.2, 0.25) is 0 Å². The Bertz CT molecular complexity index is 917. The molecule has 2 amide bonds. The van der Waals surface area contributed by atoms with Crippen LogP contribution in [0.4, 0.5) is 5.00 Å². The van der Waals surface area contributed by atoms with Gasteiger partial charge in [-0.25, -0.2) is 0 Å². The minimum absolute atomic E-state index is 0.114. The summed E-state index contributed by atoms with van der Waals surface area (Å²) >= 11 is 1.49. The van der Waals surface area contributed by atoms with Crippen LogP contribution in [0, 0.1) is 18.3 Å². The van der Waals surface area contributed by atoms with Crippen LogP contribution in [0.2, 0.25) is 0 Å². The highest BCUT2D eigenvalue weighted by Gasteiger charge is 2.35. The van der Waals surface area contributed by atoms with Crippen LogP contribution in [0.3, 0.4) is 0 Å². The minimum atomic E-state index is -0.481. The van der Waals surface area contributed by atoms with Crippen LogP contribution < -0.4 is 15.8 Å². The first kappa shape index (κ1) is 21.4. The molecule has 156 valence electrons. The summed E-state index contributed by atoms with van der Waals surface area (Å²) in [6.45, 7) is 8.64. The maximum absolute atomic E-state index is 12.5. The second kappa shape index (κ2) is 8.57. The summed E-state index contributed by atoms with van der Waals surface area (Å²) in [7, 11) is 0. The van der Waals surface area contributed by atoms with Gasteiger partial charge in [0.25, 0.3) is 11.8 Å². The highest BCUT2D eigenvalue weighted by Crippen LogP contribution is 2.45. The Kier molecular flexibility index (Phi) is 6.32. The molecule has 3 N–H and O–H groups in total. The summed E-state index contributed by atoms with van der Waals surface area (Å²) in [6, 6.07) is 7.55. The summed E-state index contributed by atoms with van der Waals surface area (Å²) in [5, 5.41) is 3.41. The van der Waals surface area contributed by atoms with Crippen molar-refractivity contribution in [2.75, 3.05) is 11.9 Å². The molecule has 0 saturated carbocycles. The second-order valence-electron chi connectivity index (χ2n) is 8.46. The molecule has 6 heteroatoms. The molecule has 5 nitrogen and oxygen atoms in total. The van der Waals surface area contributed by atoms with E-state index in [1.807, 2.05) is 31.2 Å². The first-order valence-corrected chi connectivity index (χ1v) is 11.0. The van der Waals surface area contributed by atoms with E-state index >= 15 is 0 Å². The smallest absolute Gasteiger partial charge is 0.262 e. The molecular weight excluding hydrogens is 384 g/mol. The van der Waals surface area contributed by atoms with Crippen molar-refractivity contribution in [2.24, 2.45) is 17.1 Å². The average molecular weight is 415 g/mol.